The van der Waals surface area contributed by atoms with E-state index in [1.807, 2.05) is 45.4 Å². The van der Waals surface area contributed by atoms with Gasteiger partial charge in [0.05, 0.1) is 37.9 Å². The first-order valence-electron chi connectivity index (χ1n) is 7.65. The van der Waals surface area contributed by atoms with Crippen molar-refractivity contribution in [3.63, 3.8) is 0 Å². The molecule has 1 N–H and O–H groups in total. The Morgan fingerprint density at radius 2 is 1.79 bits per heavy atom. The van der Waals surface area contributed by atoms with Crippen LogP contribution in [0.4, 0.5) is 10.2 Å². The molecule has 6 heteroatoms. The van der Waals surface area contributed by atoms with Crippen molar-refractivity contribution in [1.29, 1.82) is 0 Å². The number of aromatic amines is 1. The molecular weight excluding hydrogens is 305 g/mol. The Bertz CT molecular complexity index is 1060. The van der Waals surface area contributed by atoms with Crippen LogP contribution in [0.1, 0.15) is 0 Å². The molecular formula is C18H17FN5+. The minimum atomic E-state index is -0.509. The molecule has 24 heavy (non-hydrogen) atoms. The molecule has 0 amide bonds. The highest BCUT2D eigenvalue weighted by Gasteiger charge is 2.18. The summed E-state index contributed by atoms with van der Waals surface area (Å²) in [4.78, 5) is 16.0. The molecule has 0 aromatic carbocycles. The summed E-state index contributed by atoms with van der Waals surface area (Å²) in [5, 5.41) is 1.98. The number of nitrogens with one attached hydrogen (secondary N) is 1. The summed E-state index contributed by atoms with van der Waals surface area (Å²) in [7, 11) is 5.85. The number of nitrogens with zero attached hydrogens (tertiary/aromatic N) is 4. The lowest BCUT2D eigenvalue weighted by Crippen LogP contribution is -2.35. The molecule has 0 saturated carbocycles. The van der Waals surface area contributed by atoms with Crippen molar-refractivity contribution < 1.29 is 4.39 Å². The predicted molar refractivity (Wildman–Crippen MR) is 94.1 cm³/mol. The normalized spacial score (nSPS) is 12.2. The van der Waals surface area contributed by atoms with Gasteiger partial charge in [-0.3, -0.25) is 9.47 Å². The van der Waals surface area contributed by atoms with Crippen molar-refractivity contribution in [3.8, 4) is 11.3 Å². The molecule has 0 bridgehead atoms. The topological polar surface area (TPSA) is 54.5 Å². The molecule has 0 saturated heterocycles. The van der Waals surface area contributed by atoms with Crippen molar-refractivity contribution in [3.05, 3.63) is 48.7 Å². The number of halogens is 1. The number of hydrogen-bond donors (Lipinski definition) is 1. The van der Waals surface area contributed by atoms with E-state index in [4.69, 9.17) is 0 Å². The zero-order valence-corrected chi connectivity index (χ0v) is 13.7. The molecule has 4 aromatic rings. The Labute approximate surface area is 138 Å². The van der Waals surface area contributed by atoms with Gasteiger partial charge in [-0.1, -0.05) is 0 Å². The van der Waals surface area contributed by atoms with Crippen LogP contribution in [0, 0.1) is 5.95 Å². The van der Waals surface area contributed by atoms with Gasteiger partial charge in [-0.25, -0.2) is 4.98 Å². The highest BCUT2D eigenvalue weighted by atomic mass is 19.1. The van der Waals surface area contributed by atoms with Gasteiger partial charge in [-0.05, 0) is 24.3 Å². The molecule has 4 rings (SSSR count). The quantitative estimate of drug-likeness (QED) is 0.454. The second kappa shape index (κ2) is 5.07. The minimum Gasteiger partial charge on any atom is -0.339 e. The maximum atomic E-state index is 14.5. The third-order valence-corrected chi connectivity index (χ3v) is 4.06. The van der Waals surface area contributed by atoms with Crippen molar-refractivity contribution in [2.75, 3.05) is 21.1 Å². The van der Waals surface area contributed by atoms with Crippen LogP contribution in [-0.2, 0) is 0 Å². The number of hydrogen-bond acceptors (Lipinski definition) is 3. The smallest absolute Gasteiger partial charge is 0.229 e. The first-order valence-corrected chi connectivity index (χ1v) is 7.65. The molecule has 0 spiro atoms. The number of rotatable bonds is 2. The summed E-state index contributed by atoms with van der Waals surface area (Å²) in [5.74, 6) is 0.152. The maximum absolute atomic E-state index is 14.5. The van der Waals surface area contributed by atoms with E-state index in [9.17, 15) is 4.39 Å². The zero-order valence-electron chi connectivity index (χ0n) is 13.7. The van der Waals surface area contributed by atoms with Crippen LogP contribution >= 0.6 is 0 Å². The van der Waals surface area contributed by atoms with Crippen molar-refractivity contribution in [1.82, 2.24) is 24.4 Å². The van der Waals surface area contributed by atoms with Crippen LogP contribution in [-0.4, -0.2) is 41.1 Å². The first kappa shape index (κ1) is 14.7. The summed E-state index contributed by atoms with van der Waals surface area (Å²) in [5.41, 5.74) is 2.63. The van der Waals surface area contributed by atoms with Gasteiger partial charge >= 0.3 is 0 Å². The van der Waals surface area contributed by atoms with Crippen molar-refractivity contribution >= 4 is 27.8 Å². The van der Waals surface area contributed by atoms with Gasteiger partial charge in [0.25, 0.3) is 0 Å². The van der Waals surface area contributed by atoms with E-state index in [2.05, 4.69) is 19.9 Å². The average molecular weight is 322 g/mol. The number of pyridine rings is 3. The van der Waals surface area contributed by atoms with Crippen LogP contribution in [0.15, 0.2) is 42.7 Å². The standard InChI is InChI=1S/C18H17FN5/c1-24(2,3)16-7-5-12(17(19)23-16)14-6-4-11-13-10-20-9-8-15(13)22-18(11)21-14/h4-10H,1-3H3,(H,21,22)/q+1. The summed E-state index contributed by atoms with van der Waals surface area (Å²) in [6.45, 7) is 0. The Kier molecular flexibility index (Phi) is 3.11. The number of fused-ring (bicyclic) bond motifs is 3. The van der Waals surface area contributed by atoms with E-state index >= 15 is 0 Å². The molecule has 0 aliphatic carbocycles. The highest BCUT2D eigenvalue weighted by molar-refractivity contribution is 6.05. The Morgan fingerprint density at radius 1 is 0.958 bits per heavy atom. The Hall–Kier alpha value is -2.86. The van der Waals surface area contributed by atoms with Crippen LogP contribution in [0.2, 0.25) is 0 Å². The van der Waals surface area contributed by atoms with Gasteiger partial charge in [-0.2, -0.15) is 9.37 Å². The Balaban J connectivity index is 1.86. The fourth-order valence-electron chi connectivity index (χ4n) is 2.76. The summed E-state index contributed by atoms with van der Waals surface area (Å²) in [6.07, 6.45) is 3.53. The lowest BCUT2D eigenvalue weighted by Gasteiger charge is -2.21. The minimum absolute atomic E-state index is 0.394. The van der Waals surface area contributed by atoms with Gasteiger partial charge in [0.15, 0.2) is 0 Å². The fourth-order valence-corrected chi connectivity index (χ4v) is 2.76. The van der Waals surface area contributed by atoms with Crippen LogP contribution < -0.4 is 4.48 Å². The van der Waals surface area contributed by atoms with E-state index in [0.717, 1.165) is 16.3 Å². The molecule has 4 heterocycles. The lowest BCUT2D eigenvalue weighted by molar-refractivity contribution is 0.460. The van der Waals surface area contributed by atoms with Gasteiger partial charge in [-0.15, -0.1) is 0 Å². The van der Waals surface area contributed by atoms with Crippen molar-refractivity contribution in [2.45, 2.75) is 0 Å². The molecule has 0 unspecified atom stereocenters. The zero-order chi connectivity index (χ0) is 16.9. The van der Waals surface area contributed by atoms with Gasteiger partial charge in [0, 0.05) is 29.2 Å². The van der Waals surface area contributed by atoms with Crippen LogP contribution in [0.3, 0.4) is 0 Å². The molecule has 0 radical (unpaired) electrons. The average Bonchev–Trinajstić information content (AvgIpc) is 2.91. The van der Waals surface area contributed by atoms with Crippen LogP contribution in [0.5, 0.6) is 0 Å². The van der Waals surface area contributed by atoms with E-state index < -0.39 is 5.95 Å². The van der Waals surface area contributed by atoms with Crippen molar-refractivity contribution in [2.24, 2.45) is 0 Å². The predicted octanol–water partition coefficient (Wildman–Crippen LogP) is 3.51. The lowest BCUT2D eigenvalue weighted by atomic mass is 10.1. The highest BCUT2D eigenvalue weighted by Crippen LogP contribution is 2.28. The number of H-pyrrole nitrogens is 1. The van der Waals surface area contributed by atoms with Crippen LogP contribution in [0.25, 0.3) is 33.2 Å². The number of quaternary nitrogens is 1. The van der Waals surface area contributed by atoms with E-state index in [-0.39, 0.29) is 0 Å². The summed E-state index contributed by atoms with van der Waals surface area (Å²) in [6, 6.07) is 9.22. The molecule has 0 aliphatic rings. The molecule has 5 nitrogen and oxygen atoms in total. The van der Waals surface area contributed by atoms with Gasteiger partial charge in [0.2, 0.25) is 11.8 Å². The largest absolute Gasteiger partial charge is 0.339 e. The SMILES string of the molecule is C[N+](C)(C)c1ccc(-c2ccc3c(n2)[nH]c2ccncc23)c(F)n1. The maximum Gasteiger partial charge on any atom is 0.229 e. The van der Waals surface area contributed by atoms with E-state index in [0.29, 0.717) is 27.2 Å². The molecule has 0 aliphatic heterocycles. The summed E-state index contributed by atoms with van der Waals surface area (Å²) >= 11 is 0. The summed E-state index contributed by atoms with van der Waals surface area (Å²) < 4.78 is 14.9. The monoisotopic (exact) mass is 322 g/mol. The second-order valence-corrected chi connectivity index (χ2v) is 6.66. The molecule has 0 atom stereocenters. The Morgan fingerprint density at radius 3 is 2.54 bits per heavy atom. The molecule has 4 aromatic heterocycles. The van der Waals surface area contributed by atoms with Gasteiger partial charge in [0.1, 0.15) is 5.65 Å². The number of aromatic nitrogens is 4. The fraction of sp³-hybridized carbons (Fsp3) is 0.167. The molecule has 120 valence electrons. The van der Waals surface area contributed by atoms with E-state index in [1.165, 1.54) is 0 Å². The third-order valence-electron chi connectivity index (χ3n) is 4.06. The van der Waals surface area contributed by atoms with Gasteiger partial charge < -0.3 is 4.98 Å². The third kappa shape index (κ3) is 2.32. The van der Waals surface area contributed by atoms with E-state index in [1.54, 1.807) is 18.5 Å². The first-order chi connectivity index (χ1) is 11.4. The molecule has 0 fully saturated rings. The second-order valence-electron chi connectivity index (χ2n) is 6.66.